The third-order valence-electron chi connectivity index (χ3n) is 4.98. The topological polar surface area (TPSA) is 102 Å². The molecule has 3 aromatic rings. The zero-order valence-corrected chi connectivity index (χ0v) is 17.4. The first kappa shape index (κ1) is 21.7. The van der Waals surface area contributed by atoms with Gasteiger partial charge in [-0.2, -0.15) is 0 Å². The summed E-state index contributed by atoms with van der Waals surface area (Å²) in [6.45, 7) is 2.35. The molecule has 0 bridgehead atoms. The third kappa shape index (κ3) is 4.16. The van der Waals surface area contributed by atoms with Gasteiger partial charge in [-0.3, -0.25) is 19.7 Å². The van der Waals surface area contributed by atoms with Gasteiger partial charge in [-0.05, 0) is 61.0 Å². The van der Waals surface area contributed by atoms with E-state index in [0.29, 0.717) is 18.0 Å². The van der Waals surface area contributed by atoms with Crippen LogP contribution in [0.15, 0.2) is 78.5 Å². The van der Waals surface area contributed by atoms with Crippen molar-refractivity contribution < 1.29 is 23.6 Å². The number of non-ortho nitro benzene ring substituents is 1. The first-order chi connectivity index (χ1) is 15.9. The highest BCUT2D eigenvalue weighted by Crippen LogP contribution is 2.35. The van der Waals surface area contributed by atoms with E-state index in [1.54, 1.807) is 24.3 Å². The fourth-order valence-electron chi connectivity index (χ4n) is 3.46. The quantitative estimate of drug-likeness (QED) is 0.324. The summed E-state index contributed by atoms with van der Waals surface area (Å²) in [6.07, 6.45) is 0. The van der Waals surface area contributed by atoms with Gasteiger partial charge in [0.25, 0.3) is 17.5 Å². The first-order valence-corrected chi connectivity index (χ1v) is 10.0. The molecule has 166 valence electrons. The Bertz CT molecular complexity index is 1270. The molecular weight excluding hydrogens is 429 g/mol. The molecule has 1 heterocycles. The standard InChI is InChI=1S/C24H18FN3O5/c1-2-33-18-13-9-16(10-14-18)26-22-21(15-7-11-17(12-8-15)28(31)32)23(29)27(24(22)30)20-6-4-3-5-19(20)25/h3-14,26H,2H2,1H3. The van der Waals surface area contributed by atoms with Gasteiger partial charge in [-0.25, -0.2) is 9.29 Å². The largest absolute Gasteiger partial charge is 0.494 e. The monoisotopic (exact) mass is 447 g/mol. The van der Waals surface area contributed by atoms with Crippen LogP contribution in [0, 0.1) is 15.9 Å². The van der Waals surface area contributed by atoms with Crippen molar-refractivity contribution in [1.29, 1.82) is 0 Å². The molecule has 4 rings (SSSR count). The predicted octanol–water partition coefficient (Wildman–Crippen LogP) is 4.53. The van der Waals surface area contributed by atoms with Crippen molar-refractivity contribution in [1.82, 2.24) is 0 Å². The normalized spacial score (nSPS) is 13.5. The van der Waals surface area contributed by atoms with Gasteiger partial charge in [0.1, 0.15) is 17.3 Å². The van der Waals surface area contributed by atoms with Crippen LogP contribution < -0.4 is 15.0 Å². The molecule has 0 spiro atoms. The van der Waals surface area contributed by atoms with Gasteiger partial charge in [0.15, 0.2) is 0 Å². The van der Waals surface area contributed by atoms with Crippen molar-refractivity contribution in [2.24, 2.45) is 0 Å². The number of nitro groups is 1. The van der Waals surface area contributed by atoms with Gasteiger partial charge in [-0.1, -0.05) is 12.1 Å². The second kappa shape index (κ2) is 8.91. The maximum Gasteiger partial charge on any atom is 0.282 e. The molecule has 1 aliphatic heterocycles. The molecule has 0 saturated heterocycles. The zero-order valence-electron chi connectivity index (χ0n) is 17.4. The lowest BCUT2D eigenvalue weighted by Crippen LogP contribution is -2.33. The van der Waals surface area contributed by atoms with Crippen molar-refractivity contribution in [3.8, 4) is 5.75 Å². The number of hydrogen-bond acceptors (Lipinski definition) is 6. The summed E-state index contributed by atoms with van der Waals surface area (Å²) >= 11 is 0. The van der Waals surface area contributed by atoms with Crippen LogP contribution in [-0.2, 0) is 9.59 Å². The lowest BCUT2D eigenvalue weighted by molar-refractivity contribution is -0.384. The molecule has 0 radical (unpaired) electrons. The summed E-state index contributed by atoms with van der Waals surface area (Å²) in [6, 6.07) is 17.4. The van der Waals surface area contributed by atoms with E-state index in [0.717, 1.165) is 11.0 Å². The van der Waals surface area contributed by atoms with Crippen LogP contribution >= 0.6 is 0 Å². The van der Waals surface area contributed by atoms with E-state index in [2.05, 4.69) is 5.32 Å². The van der Waals surface area contributed by atoms with Gasteiger partial charge in [-0.15, -0.1) is 0 Å². The van der Waals surface area contributed by atoms with Crippen LogP contribution in [0.4, 0.5) is 21.5 Å². The lowest BCUT2D eigenvalue weighted by atomic mass is 10.0. The number of rotatable bonds is 7. The van der Waals surface area contributed by atoms with Gasteiger partial charge >= 0.3 is 0 Å². The van der Waals surface area contributed by atoms with E-state index < -0.39 is 22.6 Å². The minimum atomic E-state index is -0.743. The van der Waals surface area contributed by atoms with Gasteiger partial charge in [0.2, 0.25) is 0 Å². The minimum Gasteiger partial charge on any atom is -0.494 e. The molecule has 0 aliphatic carbocycles. The number of anilines is 2. The number of carbonyl (C=O) groups excluding carboxylic acids is 2. The molecule has 0 aromatic heterocycles. The summed E-state index contributed by atoms with van der Waals surface area (Å²) in [5.74, 6) is -1.58. The number of ether oxygens (including phenoxy) is 1. The molecule has 3 aromatic carbocycles. The Morgan fingerprint density at radius 1 is 0.970 bits per heavy atom. The molecule has 0 atom stereocenters. The Kier molecular flexibility index (Phi) is 5.86. The first-order valence-electron chi connectivity index (χ1n) is 10.0. The van der Waals surface area contributed by atoms with Crippen molar-refractivity contribution in [2.75, 3.05) is 16.8 Å². The fourth-order valence-corrected chi connectivity index (χ4v) is 3.46. The van der Waals surface area contributed by atoms with Crippen molar-refractivity contribution in [3.63, 3.8) is 0 Å². The Hall–Kier alpha value is -4.53. The summed E-state index contributed by atoms with van der Waals surface area (Å²) in [5, 5.41) is 14.0. The number of benzene rings is 3. The van der Waals surface area contributed by atoms with Crippen LogP contribution in [0.3, 0.4) is 0 Å². The molecule has 0 fully saturated rings. The highest BCUT2D eigenvalue weighted by atomic mass is 19.1. The smallest absolute Gasteiger partial charge is 0.282 e. The van der Waals surface area contributed by atoms with Crippen molar-refractivity contribution in [2.45, 2.75) is 6.92 Å². The number of nitrogens with one attached hydrogen (secondary N) is 1. The number of para-hydroxylation sites is 1. The molecular formula is C24H18FN3O5. The number of halogens is 1. The van der Waals surface area contributed by atoms with Crippen molar-refractivity contribution >= 4 is 34.4 Å². The van der Waals surface area contributed by atoms with Gasteiger partial charge < -0.3 is 10.1 Å². The van der Waals surface area contributed by atoms with E-state index >= 15 is 0 Å². The molecule has 0 saturated carbocycles. The molecule has 33 heavy (non-hydrogen) atoms. The van der Waals surface area contributed by atoms with Gasteiger partial charge in [0.05, 0.1) is 22.8 Å². The van der Waals surface area contributed by atoms with E-state index in [1.165, 1.54) is 42.5 Å². The Morgan fingerprint density at radius 3 is 2.24 bits per heavy atom. The minimum absolute atomic E-state index is 0.0213. The number of hydrogen-bond donors (Lipinski definition) is 1. The second-order valence-electron chi connectivity index (χ2n) is 7.03. The summed E-state index contributed by atoms with van der Waals surface area (Å²) in [7, 11) is 0. The van der Waals surface area contributed by atoms with Gasteiger partial charge in [0, 0.05) is 17.8 Å². The average Bonchev–Trinajstić information content (AvgIpc) is 3.05. The van der Waals surface area contributed by atoms with Crippen LogP contribution in [0.25, 0.3) is 5.57 Å². The Morgan fingerprint density at radius 2 is 1.64 bits per heavy atom. The number of imide groups is 1. The molecule has 8 nitrogen and oxygen atoms in total. The fraction of sp³-hybridized carbons (Fsp3) is 0.0833. The Labute approximate surface area is 188 Å². The van der Waals surface area contributed by atoms with E-state index in [1.807, 2.05) is 6.92 Å². The summed E-state index contributed by atoms with van der Waals surface area (Å²) in [4.78, 5) is 37.8. The van der Waals surface area contributed by atoms with Crippen LogP contribution in [0.5, 0.6) is 5.75 Å². The predicted molar refractivity (Wildman–Crippen MR) is 120 cm³/mol. The highest BCUT2D eigenvalue weighted by molar-refractivity contribution is 6.46. The molecule has 1 N–H and O–H groups in total. The Balaban J connectivity index is 1.78. The second-order valence-corrected chi connectivity index (χ2v) is 7.03. The third-order valence-corrected chi connectivity index (χ3v) is 4.98. The summed E-state index contributed by atoms with van der Waals surface area (Å²) < 4.78 is 19.9. The van der Waals surface area contributed by atoms with E-state index in [4.69, 9.17) is 4.74 Å². The molecule has 0 unspecified atom stereocenters. The lowest BCUT2D eigenvalue weighted by Gasteiger charge is -2.16. The van der Waals surface area contributed by atoms with E-state index in [-0.39, 0.29) is 28.2 Å². The van der Waals surface area contributed by atoms with Crippen LogP contribution in [0.1, 0.15) is 12.5 Å². The SMILES string of the molecule is CCOc1ccc(NC2=C(c3ccc([N+](=O)[O-])cc3)C(=O)N(c3ccccc3F)C2=O)cc1. The highest BCUT2D eigenvalue weighted by Gasteiger charge is 2.41. The van der Waals surface area contributed by atoms with Crippen molar-refractivity contribution in [3.05, 3.63) is 100.0 Å². The number of amides is 2. The zero-order chi connectivity index (χ0) is 23.5. The van der Waals surface area contributed by atoms with E-state index in [9.17, 15) is 24.1 Å². The maximum atomic E-state index is 14.5. The maximum absolute atomic E-state index is 14.5. The summed E-state index contributed by atoms with van der Waals surface area (Å²) in [5.41, 5.74) is 0.349. The average molecular weight is 447 g/mol. The molecule has 9 heteroatoms. The number of nitro benzene ring substituents is 1. The molecule has 1 aliphatic rings. The molecule has 2 amide bonds. The van der Waals surface area contributed by atoms with Crippen LogP contribution in [0.2, 0.25) is 0 Å². The number of nitrogens with zero attached hydrogens (tertiary/aromatic N) is 2. The number of carbonyl (C=O) groups is 2. The van der Waals surface area contributed by atoms with Crippen LogP contribution in [-0.4, -0.2) is 23.3 Å².